The number of hydrogen-bond acceptors (Lipinski definition) is 4. The summed E-state index contributed by atoms with van der Waals surface area (Å²) in [5.41, 5.74) is 11.5. The van der Waals surface area contributed by atoms with Gasteiger partial charge in [-0.1, -0.05) is 0 Å². The van der Waals surface area contributed by atoms with E-state index in [1.165, 1.54) is 16.8 Å². The molecule has 1 aromatic carbocycles. The number of nitrogen functional groups attached to an aromatic ring is 2. The zero-order valence-electron chi connectivity index (χ0n) is 7.18. The lowest BCUT2D eigenvalue weighted by Gasteiger charge is -2.00. The maximum atomic E-state index is 12.6. The van der Waals surface area contributed by atoms with E-state index in [4.69, 9.17) is 11.5 Å². The fourth-order valence-electron chi connectivity index (χ4n) is 1.11. The second-order valence-electron chi connectivity index (χ2n) is 2.72. The molecule has 0 bridgehead atoms. The van der Waals surface area contributed by atoms with Gasteiger partial charge in [0, 0.05) is 0 Å². The number of benzene rings is 1. The average molecular weight is 193 g/mol. The molecule has 6 heteroatoms. The first-order valence-corrected chi connectivity index (χ1v) is 3.91. The first-order valence-electron chi connectivity index (χ1n) is 3.91. The maximum Gasteiger partial charge on any atom is 0.241 e. The fourth-order valence-corrected chi connectivity index (χ4v) is 1.11. The Morgan fingerprint density at radius 2 is 1.79 bits per heavy atom. The molecule has 2 rings (SSSR count). The van der Waals surface area contributed by atoms with Crippen molar-refractivity contribution in [2.45, 2.75) is 0 Å². The highest BCUT2D eigenvalue weighted by Gasteiger charge is 2.05. The van der Waals surface area contributed by atoms with E-state index in [-0.39, 0.29) is 17.7 Å². The summed E-state index contributed by atoms with van der Waals surface area (Å²) in [6.07, 6.45) is 0. The van der Waals surface area contributed by atoms with Crippen LogP contribution in [0.1, 0.15) is 0 Å². The molecule has 0 aliphatic heterocycles. The van der Waals surface area contributed by atoms with Crippen LogP contribution in [0.5, 0.6) is 0 Å². The first kappa shape index (κ1) is 8.49. The SMILES string of the molecule is Nc1nc(N)n(-c2ccc(F)cc2)n1. The van der Waals surface area contributed by atoms with E-state index in [1.54, 1.807) is 12.1 Å². The number of aromatic nitrogens is 3. The summed E-state index contributed by atoms with van der Waals surface area (Å²) >= 11 is 0. The van der Waals surface area contributed by atoms with Crippen molar-refractivity contribution in [1.82, 2.24) is 14.8 Å². The quantitative estimate of drug-likeness (QED) is 0.693. The minimum atomic E-state index is -0.319. The molecule has 4 N–H and O–H groups in total. The largest absolute Gasteiger partial charge is 0.368 e. The fraction of sp³-hybridized carbons (Fsp3) is 0. The van der Waals surface area contributed by atoms with Crippen molar-refractivity contribution < 1.29 is 4.39 Å². The van der Waals surface area contributed by atoms with Crippen molar-refractivity contribution in [2.75, 3.05) is 11.5 Å². The molecule has 0 radical (unpaired) electrons. The van der Waals surface area contributed by atoms with Crippen LogP contribution in [0.2, 0.25) is 0 Å². The third-order valence-electron chi connectivity index (χ3n) is 1.72. The van der Waals surface area contributed by atoms with Gasteiger partial charge < -0.3 is 11.5 Å². The molecule has 1 heterocycles. The predicted octanol–water partition coefficient (Wildman–Crippen LogP) is 0.571. The van der Waals surface area contributed by atoms with Crippen LogP contribution < -0.4 is 11.5 Å². The Morgan fingerprint density at radius 1 is 1.14 bits per heavy atom. The number of halogens is 1. The standard InChI is InChI=1S/C8H8FN5/c9-5-1-3-6(4-2-5)14-8(11)12-7(10)13-14/h1-4H,(H4,10,11,12,13). The van der Waals surface area contributed by atoms with Crippen molar-refractivity contribution >= 4 is 11.9 Å². The lowest BCUT2D eigenvalue weighted by molar-refractivity contribution is 0.627. The summed E-state index contributed by atoms with van der Waals surface area (Å²) in [5, 5.41) is 3.85. The van der Waals surface area contributed by atoms with E-state index in [2.05, 4.69) is 10.1 Å². The molecule has 0 atom stereocenters. The molecule has 2 aromatic rings. The van der Waals surface area contributed by atoms with Crippen LogP contribution in [0.4, 0.5) is 16.3 Å². The van der Waals surface area contributed by atoms with Gasteiger partial charge >= 0.3 is 0 Å². The van der Waals surface area contributed by atoms with Gasteiger partial charge in [0.15, 0.2) is 0 Å². The van der Waals surface area contributed by atoms with Crippen molar-refractivity contribution in [1.29, 1.82) is 0 Å². The highest BCUT2D eigenvalue weighted by Crippen LogP contribution is 2.12. The van der Waals surface area contributed by atoms with Crippen LogP contribution in [-0.4, -0.2) is 14.8 Å². The van der Waals surface area contributed by atoms with Gasteiger partial charge in [-0.15, -0.1) is 5.10 Å². The molecular formula is C8H8FN5. The van der Waals surface area contributed by atoms with Gasteiger partial charge in [-0.25, -0.2) is 4.39 Å². The first-order chi connectivity index (χ1) is 6.66. The van der Waals surface area contributed by atoms with E-state index in [0.29, 0.717) is 5.69 Å². The zero-order chi connectivity index (χ0) is 10.1. The van der Waals surface area contributed by atoms with Crippen LogP contribution in [-0.2, 0) is 0 Å². The lowest BCUT2D eigenvalue weighted by Crippen LogP contribution is -2.02. The summed E-state index contributed by atoms with van der Waals surface area (Å²) in [4.78, 5) is 3.72. The van der Waals surface area contributed by atoms with Gasteiger partial charge in [-0.05, 0) is 24.3 Å². The van der Waals surface area contributed by atoms with Crippen molar-refractivity contribution in [3.8, 4) is 5.69 Å². The molecule has 0 saturated heterocycles. The number of hydrogen-bond donors (Lipinski definition) is 2. The van der Waals surface area contributed by atoms with E-state index < -0.39 is 0 Å². The van der Waals surface area contributed by atoms with E-state index in [9.17, 15) is 4.39 Å². The third-order valence-corrected chi connectivity index (χ3v) is 1.72. The molecule has 0 saturated carbocycles. The Hall–Kier alpha value is -2.11. The monoisotopic (exact) mass is 193 g/mol. The molecular weight excluding hydrogens is 185 g/mol. The Bertz CT molecular complexity index is 447. The number of rotatable bonds is 1. The van der Waals surface area contributed by atoms with E-state index in [1.807, 2.05) is 0 Å². The molecule has 0 spiro atoms. The average Bonchev–Trinajstić information content (AvgIpc) is 2.47. The van der Waals surface area contributed by atoms with Crippen LogP contribution >= 0.6 is 0 Å². The van der Waals surface area contributed by atoms with Crippen LogP contribution in [0.15, 0.2) is 24.3 Å². The second kappa shape index (κ2) is 2.99. The molecule has 0 unspecified atom stereocenters. The highest BCUT2D eigenvalue weighted by atomic mass is 19.1. The summed E-state index contributed by atoms with van der Waals surface area (Å²) in [6.45, 7) is 0. The topological polar surface area (TPSA) is 82.7 Å². The smallest absolute Gasteiger partial charge is 0.241 e. The molecule has 0 amide bonds. The van der Waals surface area contributed by atoms with Gasteiger partial charge in [0.1, 0.15) is 5.82 Å². The van der Waals surface area contributed by atoms with Gasteiger partial charge in [0.05, 0.1) is 5.69 Å². The summed E-state index contributed by atoms with van der Waals surface area (Å²) in [5.74, 6) is -0.0543. The molecule has 72 valence electrons. The third kappa shape index (κ3) is 1.37. The maximum absolute atomic E-state index is 12.6. The van der Waals surface area contributed by atoms with Gasteiger partial charge in [-0.2, -0.15) is 9.67 Å². The van der Waals surface area contributed by atoms with Crippen LogP contribution in [0.3, 0.4) is 0 Å². The summed E-state index contributed by atoms with van der Waals surface area (Å²) < 4.78 is 13.9. The molecule has 0 aliphatic carbocycles. The van der Waals surface area contributed by atoms with Crippen molar-refractivity contribution in [2.24, 2.45) is 0 Å². The molecule has 0 fully saturated rings. The Labute approximate surface area is 79.2 Å². The Morgan fingerprint density at radius 3 is 2.29 bits per heavy atom. The summed E-state index contributed by atoms with van der Waals surface area (Å²) in [7, 11) is 0. The molecule has 1 aromatic heterocycles. The number of nitrogens with zero attached hydrogens (tertiary/aromatic N) is 3. The second-order valence-corrected chi connectivity index (χ2v) is 2.72. The van der Waals surface area contributed by atoms with E-state index >= 15 is 0 Å². The highest BCUT2D eigenvalue weighted by molar-refractivity contribution is 5.40. The molecule has 14 heavy (non-hydrogen) atoms. The lowest BCUT2D eigenvalue weighted by atomic mass is 10.3. The zero-order valence-corrected chi connectivity index (χ0v) is 7.18. The number of nitrogens with two attached hydrogens (primary N) is 2. The van der Waals surface area contributed by atoms with Crippen LogP contribution in [0, 0.1) is 5.82 Å². The normalized spacial score (nSPS) is 10.4. The van der Waals surface area contributed by atoms with Gasteiger partial charge in [-0.3, -0.25) is 0 Å². The van der Waals surface area contributed by atoms with E-state index in [0.717, 1.165) is 0 Å². The van der Waals surface area contributed by atoms with Crippen molar-refractivity contribution in [3.05, 3.63) is 30.1 Å². The summed E-state index contributed by atoms with van der Waals surface area (Å²) in [6, 6.07) is 5.71. The Balaban J connectivity index is 2.49. The predicted molar refractivity (Wildman–Crippen MR) is 50.1 cm³/mol. The van der Waals surface area contributed by atoms with Crippen molar-refractivity contribution in [3.63, 3.8) is 0 Å². The molecule has 0 aliphatic rings. The molecule has 5 nitrogen and oxygen atoms in total. The Kier molecular flexibility index (Phi) is 1.81. The van der Waals surface area contributed by atoms with Crippen LogP contribution in [0.25, 0.3) is 5.69 Å². The minimum absolute atomic E-state index is 0.0897. The minimum Gasteiger partial charge on any atom is -0.368 e. The van der Waals surface area contributed by atoms with Gasteiger partial charge in [0.25, 0.3) is 0 Å². The van der Waals surface area contributed by atoms with Gasteiger partial charge in [0.2, 0.25) is 11.9 Å². The number of anilines is 2.